The topological polar surface area (TPSA) is 111 Å². The number of aromatic nitrogens is 3. The number of nitriles is 2. The summed E-state index contributed by atoms with van der Waals surface area (Å²) in [7, 11) is 0. The van der Waals surface area contributed by atoms with Gasteiger partial charge < -0.3 is 4.90 Å². The largest absolute Gasteiger partial charge is 0.341 e. The van der Waals surface area contributed by atoms with E-state index in [1.807, 2.05) is 6.07 Å². The smallest absolute Gasteiger partial charge is 0.291 e. The fourth-order valence-electron chi connectivity index (χ4n) is 6.09. The Bertz CT molecular complexity index is 1510. The lowest BCUT2D eigenvalue weighted by Gasteiger charge is -2.30. The molecule has 8 nitrogen and oxygen atoms in total. The van der Waals surface area contributed by atoms with Crippen LogP contribution in [0.1, 0.15) is 100 Å². The molecule has 0 saturated carbocycles. The second-order valence-corrected chi connectivity index (χ2v) is 10.8. The molecule has 0 aliphatic carbocycles. The number of aryl methyl sites for hydroxylation is 1. The minimum absolute atomic E-state index is 0.0224. The van der Waals surface area contributed by atoms with Gasteiger partial charge in [0.25, 0.3) is 5.91 Å². The molecule has 1 unspecified atom stereocenters. The van der Waals surface area contributed by atoms with E-state index >= 15 is 0 Å². The summed E-state index contributed by atoms with van der Waals surface area (Å²) in [5.74, 6) is 0.502. The van der Waals surface area contributed by atoms with Gasteiger partial charge in [-0.1, -0.05) is 58.7 Å². The van der Waals surface area contributed by atoms with Gasteiger partial charge in [-0.05, 0) is 43.7 Å². The molecule has 0 spiro atoms. The van der Waals surface area contributed by atoms with Crippen molar-refractivity contribution in [2.75, 3.05) is 11.4 Å². The summed E-state index contributed by atoms with van der Waals surface area (Å²) in [6, 6.07) is 10.8. The van der Waals surface area contributed by atoms with E-state index in [0.717, 1.165) is 50.8 Å². The molecule has 1 aromatic heterocycles. The number of para-hydroxylation sites is 1. The van der Waals surface area contributed by atoms with Gasteiger partial charge in [0.1, 0.15) is 23.4 Å². The van der Waals surface area contributed by atoms with Gasteiger partial charge in [-0.15, -0.1) is 5.10 Å². The number of rotatable bonds is 6. The number of hydrogen-bond donors (Lipinski definition) is 0. The Morgan fingerprint density at radius 1 is 1.26 bits per heavy atom. The van der Waals surface area contributed by atoms with Crippen LogP contribution in [0.25, 0.3) is 0 Å². The van der Waals surface area contributed by atoms with Gasteiger partial charge in [-0.3, -0.25) is 4.79 Å². The van der Waals surface area contributed by atoms with Gasteiger partial charge in [0.2, 0.25) is 0 Å². The zero-order valence-corrected chi connectivity index (χ0v) is 22.8. The monoisotopic (exact) mass is 507 g/mol. The first-order valence-electron chi connectivity index (χ1n) is 13.5. The van der Waals surface area contributed by atoms with E-state index in [4.69, 9.17) is 9.98 Å². The molecule has 2 aromatic rings. The van der Waals surface area contributed by atoms with Crippen LogP contribution in [0.15, 0.2) is 45.7 Å². The minimum atomic E-state index is -0.497. The molecule has 0 fully saturated rings. The number of benzene rings is 1. The summed E-state index contributed by atoms with van der Waals surface area (Å²) < 4.78 is 1.21. The van der Waals surface area contributed by atoms with E-state index in [9.17, 15) is 15.3 Å². The Hall–Kier alpha value is -4.04. The van der Waals surface area contributed by atoms with Crippen LogP contribution in [0.2, 0.25) is 0 Å². The van der Waals surface area contributed by atoms with Crippen molar-refractivity contribution >= 4 is 17.3 Å². The van der Waals surface area contributed by atoms with Crippen molar-refractivity contribution in [2.24, 2.45) is 4.99 Å². The highest BCUT2D eigenvalue weighted by Gasteiger charge is 2.45. The highest BCUT2D eigenvalue weighted by Crippen LogP contribution is 2.52. The number of carbonyl (C=O) groups is 1. The molecular weight excluding hydrogens is 474 g/mol. The summed E-state index contributed by atoms with van der Waals surface area (Å²) in [4.78, 5) is 25.1. The van der Waals surface area contributed by atoms with E-state index in [2.05, 4.69) is 62.0 Å². The van der Waals surface area contributed by atoms with E-state index < -0.39 is 11.3 Å². The Morgan fingerprint density at radius 2 is 2.05 bits per heavy atom. The summed E-state index contributed by atoms with van der Waals surface area (Å²) in [5.41, 5.74) is 5.10. The van der Waals surface area contributed by atoms with Crippen molar-refractivity contribution in [1.29, 1.82) is 10.5 Å². The van der Waals surface area contributed by atoms with Crippen LogP contribution in [0, 0.1) is 22.7 Å². The fraction of sp³-hybridized carbons (Fsp3) is 0.467. The molecule has 0 radical (unpaired) electrons. The van der Waals surface area contributed by atoms with Gasteiger partial charge in [-0.2, -0.15) is 15.2 Å². The predicted molar refractivity (Wildman–Crippen MR) is 146 cm³/mol. The second kappa shape index (κ2) is 9.68. The molecule has 0 amide bonds. The van der Waals surface area contributed by atoms with Crippen molar-refractivity contribution in [3.8, 4) is 12.1 Å². The van der Waals surface area contributed by atoms with Crippen molar-refractivity contribution < 1.29 is 4.79 Å². The SMILES string of the molecule is CCCCC(CC)c1nc2n(n1)C(=O)C(C#N)=C(C)/C2=N/C(C#N)=C1/N2CCCc3cccc(c32)C1(C)C. The van der Waals surface area contributed by atoms with Crippen LogP contribution in [-0.4, -0.2) is 32.9 Å². The highest BCUT2D eigenvalue weighted by atomic mass is 16.2. The van der Waals surface area contributed by atoms with Crippen molar-refractivity contribution in [2.45, 2.75) is 84.5 Å². The van der Waals surface area contributed by atoms with Gasteiger partial charge in [0.05, 0.1) is 5.70 Å². The number of aliphatic imine (C=N–C) groups is 1. The lowest BCUT2D eigenvalue weighted by Crippen LogP contribution is -2.31. The quantitative estimate of drug-likeness (QED) is 0.462. The summed E-state index contributed by atoms with van der Waals surface area (Å²) in [6.45, 7) is 11.0. The van der Waals surface area contributed by atoms with Crippen LogP contribution in [0.5, 0.6) is 0 Å². The first-order chi connectivity index (χ1) is 18.3. The standard InChI is InChI=1S/C30H33N7O/c1-6-8-11-19(7-2)27-34-28-24(18(3)21(16-31)29(38)37(28)35-27)33-23(17-32)26-30(4,5)22-14-9-12-20-13-10-15-36(26)25(20)22/h9,12,14,19H,6-8,10-11,13,15H2,1-5H3/b26-23+,33-24-. The van der Waals surface area contributed by atoms with Crippen LogP contribution in [0.3, 0.4) is 0 Å². The number of hydrogen-bond acceptors (Lipinski definition) is 7. The highest BCUT2D eigenvalue weighted by molar-refractivity contribution is 6.21. The van der Waals surface area contributed by atoms with Crippen LogP contribution in [0.4, 0.5) is 5.69 Å². The number of nitrogens with zero attached hydrogens (tertiary/aromatic N) is 7. The molecule has 1 atom stereocenters. The summed E-state index contributed by atoms with van der Waals surface area (Å²) >= 11 is 0. The second-order valence-electron chi connectivity index (χ2n) is 10.8. The first kappa shape index (κ1) is 25.6. The molecule has 0 saturated heterocycles. The fourth-order valence-corrected chi connectivity index (χ4v) is 6.09. The zero-order chi connectivity index (χ0) is 27.2. The zero-order valence-electron chi connectivity index (χ0n) is 22.8. The molecule has 0 N–H and O–H groups in total. The van der Waals surface area contributed by atoms with E-state index in [0.29, 0.717) is 22.9 Å². The van der Waals surface area contributed by atoms with Crippen LogP contribution in [-0.2, 0) is 11.8 Å². The minimum Gasteiger partial charge on any atom is -0.341 e. The molecule has 0 bridgehead atoms. The maximum atomic E-state index is 13.2. The predicted octanol–water partition coefficient (Wildman–Crippen LogP) is 5.72. The van der Waals surface area contributed by atoms with Crippen molar-refractivity contribution in [3.05, 3.63) is 63.5 Å². The summed E-state index contributed by atoms with van der Waals surface area (Å²) in [6.07, 6.45) is 5.87. The van der Waals surface area contributed by atoms with Gasteiger partial charge in [-0.25, -0.2) is 9.98 Å². The third-order valence-electron chi connectivity index (χ3n) is 8.15. The number of fused-ring (bicyclic) bond motifs is 1. The number of carbonyl (C=O) groups excluding carboxylic acids is 1. The Morgan fingerprint density at radius 3 is 2.74 bits per heavy atom. The molecule has 5 rings (SSSR count). The van der Waals surface area contributed by atoms with E-state index in [1.54, 1.807) is 6.92 Å². The molecule has 38 heavy (non-hydrogen) atoms. The molecule has 3 aliphatic heterocycles. The van der Waals surface area contributed by atoms with Crippen molar-refractivity contribution in [1.82, 2.24) is 14.8 Å². The number of anilines is 1. The van der Waals surface area contributed by atoms with Gasteiger partial charge in [0.15, 0.2) is 17.3 Å². The van der Waals surface area contributed by atoms with E-state index in [-0.39, 0.29) is 17.2 Å². The van der Waals surface area contributed by atoms with Gasteiger partial charge >= 0.3 is 0 Å². The normalized spacial score (nSPS) is 20.7. The molecular formula is C30H33N7O. The van der Waals surface area contributed by atoms with E-state index in [1.165, 1.54) is 21.5 Å². The third kappa shape index (κ3) is 3.79. The Labute approximate surface area is 224 Å². The van der Waals surface area contributed by atoms with Crippen LogP contribution >= 0.6 is 0 Å². The maximum absolute atomic E-state index is 13.2. The molecule has 3 aliphatic rings. The Kier molecular flexibility index (Phi) is 6.53. The van der Waals surface area contributed by atoms with Crippen molar-refractivity contribution in [3.63, 3.8) is 0 Å². The number of allylic oxidation sites excluding steroid dienone is 4. The van der Waals surface area contributed by atoms with Crippen LogP contribution < -0.4 is 4.90 Å². The molecule has 4 heterocycles. The summed E-state index contributed by atoms with van der Waals surface area (Å²) in [5, 5.41) is 24.8. The molecule has 1 aromatic carbocycles. The Balaban J connectivity index is 1.71. The average Bonchev–Trinajstić information content (AvgIpc) is 3.44. The average molecular weight is 508 g/mol. The first-order valence-corrected chi connectivity index (χ1v) is 13.5. The lowest BCUT2D eigenvalue weighted by molar-refractivity contribution is 0.0941. The lowest BCUT2D eigenvalue weighted by atomic mass is 9.82. The number of unbranched alkanes of at least 4 members (excludes halogenated alkanes) is 1. The van der Waals surface area contributed by atoms with Gasteiger partial charge in [0, 0.05) is 29.1 Å². The maximum Gasteiger partial charge on any atom is 0.291 e. The molecule has 194 valence electrons. The molecule has 8 heteroatoms. The third-order valence-corrected chi connectivity index (χ3v) is 8.15.